The van der Waals surface area contributed by atoms with Crippen molar-refractivity contribution in [2.45, 2.75) is 51.7 Å². The van der Waals surface area contributed by atoms with Crippen molar-refractivity contribution < 1.29 is 19.4 Å². The minimum absolute atomic E-state index is 0.0824. The van der Waals surface area contributed by atoms with E-state index in [1.165, 1.54) is 18.9 Å². The van der Waals surface area contributed by atoms with Crippen LogP contribution in [0.2, 0.25) is 0 Å². The molecule has 0 aliphatic heterocycles. The van der Waals surface area contributed by atoms with E-state index in [4.69, 9.17) is 4.74 Å². The first kappa shape index (κ1) is 17.3. The van der Waals surface area contributed by atoms with Crippen LogP contribution in [0, 0.1) is 5.41 Å². The minimum atomic E-state index is -1.41. The van der Waals surface area contributed by atoms with Gasteiger partial charge in [0.15, 0.2) is 5.41 Å². The molecule has 5 heteroatoms. The monoisotopic (exact) mass is 276 g/mol. The molecule has 0 rings (SSSR count). The van der Waals surface area contributed by atoms with E-state index in [0.717, 1.165) is 6.42 Å². The zero-order valence-electron chi connectivity index (χ0n) is 11.9. The molecule has 0 unspecified atom stereocenters. The Kier molecular flexibility index (Phi) is 6.74. The fraction of sp³-hybridized carbons (Fsp3) is 0.846. The molecule has 1 N–H and O–H groups in total. The Morgan fingerprint density at radius 1 is 1.28 bits per heavy atom. The molecule has 0 saturated heterocycles. The Morgan fingerprint density at radius 3 is 2.17 bits per heavy atom. The number of hydrogen-bond donors (Lipinski definition) is 1. The third kappa shape index (κ3) is 4.88. The average molecular weight is 276 g/mol. The van der Waals surface area contributed by atoms with Gasteiger partial charge >= 0.3 is 11.9 Å². The quantitative estimate of drug-likeness (QED) is 0.572. The molecule has 0 aromatic carbocycles. The predicted molar refractivity (Wildman–Crippen MR) is 73.8 cm³/mol. The summed E-state index contributed by atoms with van der Waals surface area (Å²) >= 11 is 1.48. The number of ether oxygens (including phenoxy) is 1. The average Bonchev–Trinajstić information content (AvgIpc) is 2.27. The van der Waals surface area contributed by atoms with Crippen LogP contribution in [0.1, 0.15) is 47.0 Å². The summed E-state index contributed by atoms with van der Waals surface area (Å²) in [5.74, 6) is -1.47. The van der Waals surface area contributed by atoms with Crippen LogP contribution in [-0.2, 0) is 14.3 Å². The second kappa shape index (κ2) is 7.02. The van der Waals surface area contributed by atoms with Crippen LogP contribution in [0.25, 0.3) is 0 Å². The summed E-state index contributed by atoms with van der Waals surface area (Å²) in [5, 5.41) is 9.43. The van der Waals surface area contributed by atoms with Crippen molar-refractivity contribution in [2.75, 3.05) is 12.9 Å². The van der Waals surface area contributed by atoms with Crippen molar-refractivity contribution in [3.63, 3.8) is 0 Å². The van der Waals surface area contributed by atoms with Gasteiger partial charge in [-0.05, 0) is 6.42 Å². The van der Waals surface area contributed by atoms with E-state index in [-0.39, 0.29) is 10.5 Å². The predicted octanol–water partition coefficient (Wildman–Crippen LogP) is 2.95. The first-order valence-corrected chi connectivity index (χ1v) is 7.14. The highest BCUT2D eigenvalue weighted by molar-refractivity contribution is 8.00. The highest BCUT2D eigenvalue weighted by atomic mass is 32.2. The highest BCUT2D eigenvalue weighted by Crippen LogP contribution is 2.36. The van der Waals surface area contributed by atoms with Crippen molar-refractivity contribution in [1.29, 1.82) is 0 Å². The molecular weight excluding hydrogens is 252 g/mol. The van der Waals surface area contributed by atoms with Crippen LogP contribution in [0.4, 0.5) is 0 Å². The van der Waals surface area contributed by atoms with Crippen molar-refractivity contribution in [1.82, 2.24) is 0 Å². The normalized spacial score (nSPS) is 14.9. The topological polar surface area (TPSA) is 63.6 Å². The van der Waals surface area contributed by atoms with E-state index < -0.39 is 17.4 Å². The van der Waals surface area contributed by atoms with Gasteiger partial charge in [-0.2, -0.15) is 11.8 Å². The van der Waals surface area contributed by atoms with Gasteiger partial charge in [-0.15, -0.1) is 0 Å². The van der Waals surface area contributed by atoms with E-state index in [2.05, 4.69) is 0 Å². The number of esters is 1. The molecule has 106 valence electrons. The van der Waals surface area contributed by atoms with Crippen molar-refractivity contribution in [3.8, 4) is 0 Å². The number of carbonyl (C=O) groups is 2. The number of unbranched alkanes of at least 4 members (excludes halogenated alkanes) is 1. The maximum absolute atomic E-state index is 11.9. The summed E-state index contributed by atoms with van der Waals surface area (Å²) < 4.78 is 4.62. The number of thioether (sulfide) groups is 1. The Balaban J connectivity index is 5.07. The number of carboxylic acid groups (broad SMARTS) is 1. The van der Waals surface area contributed by atoms with Crippen molar-refractivity contribution >= 4 is 23.7 Å². The molecule has 0 aliphatic carbocycles. The molecule has 0 aliphatic rings. The Hall–Kier alpha value is -0.710. The lowest BCUT2D eigenvalue weighted by Crippen LogP contribution is -2.43. The van der Waals surface area contributed by atoms with Crippen LogP contribution in [0.3, 0.4) is 0 Å². The Labute approximate surface area is 113 Å². The number of carboxylic acids is 1. The lowest BCUT2D eigenvalue weighted by atomic mass is 9.85. The molecule has 0 radical (unpaired) electrons. The second-order valence-corrected chi connectivity index (χ2v) is 7.19. The maximum atomic E-state index is 11.9. The van der Waals surface area contributed by atoms with Crippen LogP contribution in [0.5, 0.6) is 0 Å². The van der Waals surface area contributed by atoms with Gasteiger partial charge in [-0.25, -0.2) is 0 Å². The van der Waals surface area contributed by atoms with Gasteiger partial charge in [0.25, 0.3) is 0 Å². The smallest absolute Gasteiger partial charge is 0.324 e. The summed E-state index contributed by atoms with van der Waals surface area (Å²) in [6, 6.07) is 0. The largest absolute Gasteiger partial charge is 0.480 e. The van der Waals surface area contributed by atoms with Crippen LogP contribution >= 0.6 is 11.8 Å². The number of rotatable bonds is 7. The summed E-state index contributed by atoms with van der Waals surface area (Å²) in [6.07, 6.45) is 1.88. The molecule has 18 heavy (non-hydrogen) atoms. The van der Waals surface area contributed by atoms with Gasteiger partial charge in [-0.3, -0.25) is 9.59 Å². The molecule has 0 aromatic heterocycles. The number of methoxy groups -OCH3 is 1. The zero-order valence-corrected chi connectivity index (χ0v) is 12.7. The Morgan fingerprint density at radius 2 is 1.83 bits per heavy atom. The SMILES string of the molecule is CCCC[C@](CSC(C)(C)C)(C(=O)O)C(=O)OC. The molecule has 0 heterocycles. The fourth-order valence-electron chi connectivity index (χ4n) is 1.50. The van der Waals surface area contributed by atoms with Gasteiger partial charge < -0.3 is 9.84 Å². The van der Waals surface area contributed by atoms with Crippen LogP contribution < -0.4 is 0 Å². The van der Waals surface area contributed by atoms with E-state index in [0.29, 0.717) is 12.8 Å². The molecule has 0 fully saturated rings. The lowest BCUT2D eigenvalue weighted by molar-refractivity contribution is -0.165. The third-order valence-electron chi connectivity index (χ3n) is 2.69. The van der Waals surface area contributed by atoms with Gasteiger partial charge in [0.05, 0.1) is 7.11 Å². The van der Waals surface area contributed by atoms with E-state index in [1.54, 1.807) is 0 Å². The molecule has 0 aromatic rings. The molecule has 0 spiro atoms. The van der Waals surface area contributed by atoms with Gasteiger partial charge in [0.2, 0.25) is 0 Å². The van der Waals surface area contributed by atoms with Crippen molar-refractivity contribution in [2.24, 2.45) is 5.41 Å². The first-order chi connectivity index (χ1) is 8.19. The van der Waals surface area contributed by atoms with E-state index >= 15 is 0 Å². The fourth-order valence-corrected chi connectivity index (χ4v) is 2.57. The number of hydrogen-bond acceptors (Lipinski definition) is 4. The second-order valence-electron chi connectivity index (χ2n) is 5.38. The van der Waals surface area contributed by atoms with Crippen LogP contribution in [-0.4, -0.2) is 34.7 Å². The zero-order chi connectivity index (χ0) is 14.4. The Bertz CT molecular complexity index is 296. The molecule has 1 atom stereocenters. The van der Waals surface area contributed by atoms with E-state index in [9.17, 15) is 14.7 Å². The number of carbonyl (C=O) groups excluding carboxylic acids is 1. The molecule has 0 saturated carbocycles. The van der Waals surface area contributed by atoms with Crippen molar-refractivity contribution in [3.05, 3.63) is 0 Å². The molecule has 4 nitrogen and oxygen atoms in total. The standard InChI is InChI=1S/C13H24O4S/c1-6-7-8-13(10(14)15,11(16)17-5)9-18-12(2,3)4/h6-9H2,1-5H3,(H,14,15)/t13-/m0/s1. The molecule has 0 amide bonds. The summed E-state index contributed by atoms with van der Waals surface area (Å²) in [6.45, 7) is 7.98. The molecular formula is C13H24O4S. The highest BCUT2D eigenvalue weighted by Gasteiger charge is 2.47. The minimum Gasteiger partial charge on any atom is -0.480 e. The van der Waals surface area contributed by atoms with Gasteiger partial charge in [0.1, 0.15) is 0 Å². The third-order valence-corrected chi connectivity index (χ3v) is 4.20. The summed E-state index contributed by atoms with van der Waals surface area (Å²) in [5.41, 5.74) is -1.41. The lowest BCUT2D eigenvalue weighted by Gasteiger charge is -2.29. The number of aliphatic carboxylic acids is 1. The first-order valence-electron chi connectivity index (χ1n) is 6.15. The van der Waals surface area contributed by atoms with E-state index in [1.807, 2.05) is 27.7 Å². The summed E-state index contributed by atoms with van der Waals surface area (Å²) in [7, 11) is 1.24. The summed E-state index contributed by atoms with van der Waals surface area (Å²) in [4.78, 5) is 23.4. The van der Waals surface area contributed by atoms with Gasteiger partial charge in [-0.1, -0.05) is 40.5 Å². The molecule has 0 bridgehead atoms. The van der Waals surface area contributed by atoms with Crippen LogP contribution in [0.15, 0.2) is 0 Å². The maximum Gasteiger partial charge on any atom is 0.324 e. The van der Waals surface area contributed by atoms with Gasteiger partial charge in [0, 0.05) is 10.5 Å².